The van der Waals surface area contributed by atoms with Crippen molar-refractivity contribution >= 4 is 23.7 Å². The van der Waals surface area contributed by atoms with E-state index < -0.39 is 12.2 Å². The number of hydrogen-bond donors (Lipinski definition) is 0. The van der Waals surface area contributed by atoms with Gasteiger partial charge >= 0.3 is 6.09 Å². The van der Waals surface area contributed by atoms with E-state index in [1.54, 1.807) is 4.90 Å². The highest BCUT2D eigenvalue weighted by Crippen LogP contribution is 2.47. The van der Waals surface area contributed by atoms with Crippen LogP contribution in [0.25, 0.3) is 11.1 Å². The van der Waals surface area contributed by atoms with Crippen LogP contribution in [0.5, 0.6) is 0 Å². The minimum absolute atomic E-state index is 0.00160. The molecule has 7 rings (SSSR count). The smallest absolute Gasteiger partial charge is 0.410 e. The lowest BCUT2D eigenvalue weighted by Crippen LogP contribution is -2.32. The molecule has 0 radical (unpaired) electrons. The second kappa shape index (κ2) is 9.50. The number of carbonyl (C=O) groups excluding carboxylic acids is 4. The van der Waals surface area contributed by atoms with Crippen LogP contribution in [0.15, 0.2) is 36.4 Å². The van der Waals surface area contributed by atoms with Crippen LogP contribution in [0.1, 0.15) is 76.5 Å². The van der Waals surface area contributed by atoms with Crippen molar-refractivity contribution in [2.45, 2.75) is 44.6 Å². The average molecular weight is 528 g/mol. The summed E-state index contributed by atoms with van der Waals surface area (Å²) in [6, 6.07) is 11.3. The summed E-state index contributed by atoms with van der Waals surface area (Å²) in [5, 5.41) is 0. The van der Waals surface area contributed by atoms with Gasteiger partial charge in [-0.25, -0.2) is 4.79 Å². The molecule has 8 nitrogen and oxygen atoms in total. The number of nitrogens with zero attached hydrogens (tertiary/aromatic N) is 3. The number of fused-ring (bicyclic) bond motifs is 4. The zero-order chi connectivity index (χ0) is 26.7. The molecule has 0 spiro atoms. The summed E-state index contributed by atoms with van der Waals surface area (Å²) < 4.78 is 6.21. The van der Waals surface area contributed by atoms with E-state index in [2.05, 4.69) is 0 Å². The number of Topliss-reactive ketones (excluding diaryl/α,β-unsaturated/α-hetero) is 1. The first kappa shape index (κ1) is 24.4. The lowest BCUT2D eigenvalue weighted by Gasteiger charge is -2.22. The minimum Gasteiger partial charge on any atom is -0.436 e. The van der Waals surface area contributed by atoms with Gasteiger partial charge in [-0.15, -0.1) is 0 Å². The maximum atomic E-state index is 13.5. The van der Waals surface area contributed by atoms with Gasteiger partial charge in [0.05, 0.1) is 0 Å². The van der Waals surface area contributed by atoms with Crippen LogP contribution >= 0.6 is 0 Å². The molecule has 0 N–H and O–H groups in total. The summed E-state index contributed by atoms with van der Waals surface area (Å²) in [6.07, 6.45) is 4.01. The summed E-state index contributed by atoms with van der Waals surface area (Å²) in [4.78, 5) is 57.2. The first-order valence-corrected chi connectivity index (χ1v) is 14.3. The first-order chi connectivity index (χ1) is 19.0. The maximum absolute atomic E-state index is 13.5. The quantitative estimate of drug-likeness (QED) is 0.595. The fourth-order valence-electron chi connectivity index (χ4n) is 7.21. The number of likely N-dealkylation sites (tertiary alicyclic amines) is 3. The minimum atomic E-state index is -0.706. The number of ether oxygens (including phenoxy) is 1. The zero-order valence-electron chi connectivity index (χ0n) is 22.1. The van der Waals surface area contributed by atoms with Crippen molar-refractivity contribution < 1.29 is 23.9 Å². The van der Waals surface area contributed by atoms with Crippen molar-refractivity contribution in [2.75, 3.05) is 39.3 Å². The van der Waals surface area contributed by atoms with Gasteiger partial charge < -0.3 is 19.4 Å². The van der Waals surface area contributed by atoms with E-state index in [1.165, 1.54) is 0 Å². The molecular formula is C31H33N3O5. The predicted molar refractivity (Wildman–Crippen MR) is 143 cm³/mol. The highest BCUT2D eigenvalue weighted by molar-refractivity contribution is 5.98. The van der Waals surface area contributed by atoms with E-state index in [0.29, 0.717) is 37.1 Å². The lowest BCUT2D eigenvalue weighted by molar-refractivity contribution is -0.118. The molecule has 3 saturated heterocycles. The summed E-state index contributed by atoms with van der Waals surface area (Å²) in [5.41, 5.74) is 4.58. The first-order valence-electron chi connectivity index (χ1n) is 14.3. The topological polar surface area (TPSA) is 87.2 Å². The third-order valence-corrected chi connectivity index (χ3v) is 9.27. The van der Waals surface area contributed by atoms with Crippen LogP contribution in [0.3, 0.4) is 0 Å². The number of amides is 3. The average Bonchev–Trinajstić information content (AvgIpc) is 3.77. The van der Waals surface area contributed by atoms with E-state index in [1.807, 2.05) is 46.2 Å². The fourth-order valence-corrected chi connectivity index (χ4v) is 7.21. The van der Waals surface area contributed by atoms with Gasteiger partial charge in [-0.3, -0.25) is 14.4 Å². The van der Waals surface area contributed by atoms with Crippen LogP contribution in [0.4, 0.5) is 4.79 Å². The number of carbonyl (C=O) groups is 4. The Morgan fingerprint density at radius 3 is 1.59 bits per heavy atom. The van der Waals surface area contributed by atoms with E-state index in [4.69, 9.17) is 4.74 Å². The zero-order valence-corrected chi connectivity index (χ0v) is 22.1. The van der Waals surface area contributed by atoms with Crippen LogP contribution in [0, 0.1) is 11.8 Å². The molecule has 2 unspecified atom stereocenters. The number of benzene rings is 2. The molecule has 3 heterocycles. The Morgan fingerprint density at radius 2 is 1.13 bits per heavy atom. The molecule has 4 fully saturated rings. The highest BCUT2D eigenvalue weighted by Gasteiger charge is 2.43. The summed E-state index contributed by atoms with van der Waals surface area (Å²) in [5.74, 6) is 0.698. The molecule has 1 saturated carbocycles. The van der Waals surface area contributed by atoms with E-state index in [9.17, 15) is 19.2 Å². The van der Waals surface area contributed by atoms with Gasteiger partial charge in [-0.2, -0.15) is 0 Å². The molecule has 0 bridgehead atoms. The van der Waals surface area contributed by atoms with Crippen LogP contribution < -0.4 is 0 Å². The highest BCUT2D eigenvalue weighted by atomic mass is 16.6. The molecule has 2 aromatic rings. The third-order valence-electron chi connectivity index (χ3n) is 9.27. The second-order valence-electron chi connectivity index (χ2n) is 11.7. The molecule has 5 aliphatic rings. The van der Waals surface area contributed by atoms with Crippen molar-refractivity contribution in [1.29, 1.82) is 0 Å². The normalized spacial score (nSPS) is 23.8. The molecule has 202 valence electrons. The predicted octanol–water partition coefficient (Wildman–Crippen LogP) is 4.28. The van der Waals surface area contributed by atoms with E-state index >= 15 is 0 Å². The number of ketones is 1. The van der Waals surface area contributed by atoms with Crippen LogP contribution in [-0.4, -0.2) is 77.7 Å². The Bertz CT molecular complexity index is 1280. The van der Waals surface area contributed by atoms with Crippen LogP contribution in [0.2, 0.25) is 0 Å². The molecule has 2 atom stereocenters. The maximum Gasteiger partial charge on any atom is 0.410 e. The fraction of sp³-hybridized carbons (Fsp3) is 0.484. The van der Waals surface area contributed by atoms with Gasteiger partial charge in [0, 0.05) is 74.4 Å². The Morgan fingerprint density at radius 1 is 0.667 bits per heavy atom. The number of hydrogen-bond acceptors (Lipinski definition) is 5. The van der Waals surface area contributed by atoms with Gasteiger partial charge in [0.25, 0.3) is 11.8 Å². The third kappa shape index (κ3) is 4.21. The van der Waals surface area contributed by atoms with Crippen molar-refractivity contribution in [3.8, 4) is 11.1 Å². The van der Waals surface area contributed by atoms with Gasteiger partial charge in [0.2, 0.25) is 0 Å². The molecule has 2 aromatic carbocycles. The molecule has 8 heteroatoms. The molecule has 39 heavy (non-hydrogen) atoms. The largest absolute Gasteiger partial charge is 0.436 e. The van der Waals surface area contributed by atoms with Gasteiger partial charge in [0.1, 0.15) is 5.78 Å². The molecular weight excluding hydrogens is 494 g/mol. The SMILES string of the molecule is O=C1CC2CN(C(=O)OC3c4cc(C(=O)N5CCCC5)ccc4-c4ccc(C(=O)N5CCCC5)cc43)CC2C1. The van der Waals surface area contributed by atoms with Crippen LogP contribution in [-0.2, 0) is 9.53 Å². The van der Waals surface area contributed by atoms with E-state index in [0.717, 1.165) is 74.1 Å². The molecule has 0 aromatic heterocycles. The van der Waals surface area contributed by atoms with E-state index in [-0.39, 0.29) is 29.4 Å². The second-order valence-corrected chi connectivity index (χ2v) is 11.7. The summed E-state index contributed by atoms with van der Waals surface area (Å²) in [6.45, 7) is 4.10. The van der Waals surface area contributed by atoms with Gasteiger partial charge in [-0.05, 0) is 72.9 Å². The summed E-state index contributed by atoms with van der Waals surface area (Å²) in [7, 11) is 0. The monoisotopic (exact) mass is 527 g/mol. The Hall–Kier alpha value is -3.68. The summed E-state index contributed by atoms with van der Waals surface area (Å²) >= 11 is 0. The van der Waals surface area contributed by atoms with Crippen molar-refractivity contribution in [3.05, 3.63) is 58.7 Å². The lowest BCUT2D eigenvalue weighted by atomic mass is 10.0. The Kier molecular flexibility index (Phi) is 5.94. The molecule has 3 aliphatic heterocycles. The van der Waals surface area contributed by atoms with Gasteiger partial charge in [-0.1, -0.05) is 12.1 Å². The standard InChI is InChI=1S/C31H33N3O5/c35-23-13-21-17-34(18-22(21)14-23)31(38)39-28-26-15-19(29(36)32-9-1-2-10-32)5-7-24(26)25-8-6-20(16-27(25)28)30(37)33-11-3-4-12-33/h5-8,15-16,21-22,28H,1-4,9-14,17-18H2. The number of rotatable bonds is 3. The van der Waals surface area contributed by atoms with Crippen molar-refractivity contribution in [1.82, 2.24) is 14.7 Å². The Balaban J connectivity index is 1.21. The van der Waals surface area contributed by atoms with Gasteiger partial charge in [0.15, 0.2) is 6.10 Å². The Labute approximate surface area is 227 Å². The molecule has 2 aliphatic carbocycles. The van der Waals surface area contributed by atoms with Crippen molar-refractivity contribution in [2.24, 2.45) is 11.8 Å². The van der Waals surface area contributed by atoms with Crippen molar-refractivity contribution in [3.63, 3.8) is 0 Å². The molecule has 3 amide bonds.